The summed E-state index contributed by atoms with van der Waals surface area (Å²) in [6, 6.07) is 8.39. The summed E-state index contributed by atoms with van der Waals surface area (Å²) in [5.41, 5.74) is 3.28. The molecule has 158 valence electrons. The van der Waals surface area contributed by atoms with Gasteiger partial charge in [0.25, 0.3) is 5.92 Å². The molecule has 2 saturated carbocycles. The van der Waals surface area contributed by atoms with Crippen LogP contribution >= 0.6 is 0 Å². The van der Waals surface area contributed by atoms with Gasteiger partial charge in [0.05, 0.1) is 30.4 Å². The van der Waals surface area contributed by atoms with Crippen LogP contribution in [0.25, 0.3) is 11.3 Å². The Bertz CT molecular complexity index is 1010. The lowest BCUT2D eigenvalue weighted by atomic mass is 9.73. The molecule has 6 rings (SSSR count). The van der Waals surface area contributed by atoms with Crippen LogP contribution < -0.4 is 0 Å². The van der Waals surface area contributed by atoms with Crippen LogP contribution in [0, 0.1) is 17.3 Å². The molecule has 0 radical (unpaired) electrons. The topological polar surface area (TPSA) is 58.4 Å². The third-order valence-electron chi connectivity index (χ3n) is 8.13. The third-order valence-corrected chi connectivity index (χ3v) is 8.13. The zero-order chi connectivity index (χ0) is 20.7. The van der Waals surface area contributed by atoms with Gasteiger partial charge in [-0.2, -0.15) is 0 Å². The Kier molecular flexibility index (Phi) is 3.77. The van der Waals surface area contributed by atoms with Crippen molar-refractivity contribution in [1.82, 2.24) is 14.5 Å². The highest BCUT2D eigenvalue weighted by Gasteiger charge is 2.63. The zero-order valence-electron chi connectivity index (χ0n) is 16.7. The lowest BCUT2D eigenvalue weighted by Gasteiger charge is -2.43. The molecule has 2 aromatic rings. The van der Waals surface area contributed by atoms with Gasteiger partial charge in [-0.25, -0.2) is 13.8 Å². The molecule has 30 heavy (non-hydrogen) atoms. The molecule has 0 bridgehead atoms. The fourth-order valence-electron chi connectivity index (χ4n) is 6.27. The van der Waals surface area contributed by atoms with E-state index in [2.05, 4.69) is 21.7 Å². The van der Waals surface area contributed by atoms with Gasteiger partial charge in [0, 0.05) is 36.4 Å². The molecule has 1 spiro atoms. The molecule has 5 nitrogen and oxygen atoms in total. The van der Waals surface area contributed by atoms with Gasteiger partial charge < -0.3 is 14.6 Å². The molecular formula is C23H25F2N3O2. The molecular weight excluding hydrogens is 388 g/mol. The molecule has 1 aromatic carbocycles. The van der Waals surface area contributed by atoms with Crippen LogP contribution in [0.15, 0.2) is 36.8 Å². The summed E-state index contributed by atoms with van der Waals surface area (Å²) < 4.78 is 28.8. The van der Waals surface area contributed by atoms with Crippen LogP contribution in [0.3, 0.4) is 0 Å². The minimum atomic E-state index is -2.82. The maximum absolute atomic E-state index is 13.3. The molecule has 1 N–H and O–H groups in total. The van der Waals surface area contributed by atoms with Gasteiger partial charge in [-0.3, -0.25) is 4.79 Å². The number of amides is 1. The summed E-state index contributed by atoms with van der Waals surface area (Å²) in [5, 5.41) is 11.5. The van der Waals surface area contributed by atoms with Gasteiger partial charge in [0.1, 0.15) is 5.92 Å². The average molecular weight is 413 g/mol. The minimum Gasteiger partial charge on any atom is -0.392 e. The Morgan fingerprint density at radius 2 is 1.90 bits per heavy atom. The lowest BCUT2D eigenvalue weighted by Crippen LogP contribution is -2.48. The highest BCUT2D eigenvalue weighted by molar-refractivity contribution is 5.83. The number of halogens is 2. The molecule has 2 aliphatic carbocycles. The standard InChI is InChI=1S/C23H25F2N3O2/c24-23(25)11-17(23)21(30)27-9-7-22(8-10-27)6-5-16(20(22)29)19-15-4-2-1-3-14(15)18-12-26-13-28(18)19/h1-4,12-13,16-17,19-20,29H,5-11H2. The van der Waals surface area contributed by atoms with Crippen molar-refractivity contribution in [3.05, 3.63) is 42.4 Å². The van der Waals surface area contributed by atoms with E-state index in [1.54, 1.807) is 4.90 Å². The van der Waals surface area contributed by atoms with E-state index in [0.717, 1.165) is 18.5 Å². The first kappa shape index (κ1) is 18.5. The van der Waals surface area contributed by atoms with Crippen LogP contribution in [-0.2, 0) is 4.79 Å². The van der Waals surface area contributed by atoms with E-state index in [9.17, 15) is 18.7 Å². The molecule has 2 aliphatic heterocycles. The van der Waals surface area contributed by atoms with E-state index in [1.807, 2.05) is 24.7 Å². The van der Waals surface area contributed by atoms with Crippen LogP contribution in [0.2, 0.25) is 0 Å². The first-order chi connectivity index (χ1) is 14.4. The maximum Gasteiger partial charge on any atom is 0.260 e. The molecule has 7 heteroatoms. The van der Waals surface area contributed by atoms with Crippen molar-refractivity contribution >= 4 is 5.91 Å². The number of imidazole rings is 1. The molecule has 1 amide bonds. The first-order valence-corrected chi connectivity index (χ1v) is 10.9. The average Bonchev–Trinajstić information content (AvgIpc) is 3.08. The number of carbonyl (C=O) groups excluding carboxylic acids is 1. The number of benzene rings is 1. The highest BCUT2D eigenvalue weighted by Crippen LogP contribution is 2.56. The van der Waals surface area contributed by atoms with Crippen molar-refractivity contribution < 1.29 is 18.7 Å². The number of alkyl halides is 2. The van der Waals surface area contributed by atoms with E-state index >= 15 is 0 Å². The zero-order valence-corrected chi connectivity index (χ0v) is 16.7. The van der Waals surface area contributed by atoms with Crippen LogP contribution in [0.1, 0.15) is 43.7 Å². The Morgan fingerprint density at radius 3 is 2.63 bits per heavy atom. The van der Waals surface area contributed by atoms with E-state index in [4.69, 9.17) is 0 Å². The summed E-state index contributed by atoms with van der Waals surface area (Å²) in [6.07, 6.45) is 6.12. The summed E-state index contributed by atoms with van der Waals surface area (Å²) in [7, 11) is 0. The number of nitrogens with zero attached hydrogens (tertiary/aromatic N) is 3. The molecule has 1 aromatic heterocycles. The van der Waals surface area contributed by atoms with E-state index < -0.39 is 23.9 Å². The minimum absolute atomic E-state index is 0.0675. The number of aliphatic hydroxyl groups is 1. The van der Waals surface area contributed by atoms with Crippen molar-refractivity contribution in [3.63, 3.8) is 0 Å². The Balaban J connectivity index is 1.21. The Labute approximate surface area is 173 Å². The predicted octanol–water partition coefficient (Wildman–Crippen LogP) is 3.49. The van der Waals surface area contributed by atoms with Crippen molar-refractivity contribution in [1.29, 1.82) is 0 Å². The SMILES string of the molecule is O=C(C1CC1(F)F)N1CCC2(CCC(C3c4ccccc4-c4cncn43)C2O)CC1. The number of fused-ring (bicyclic) bond motifs is 3. The molecule has 3 fully saturated rings. The largest absolute Gasteiger partial charge is 0.392 e. The van der Waals surface area contributed by atoms with Crippen molar-refractivity contribution in [3.8, 4) is 11.3 Å². The van der Waals surface area contributed by atoms with Gasteiger partial charge in [0.15, 0.2) is 0 Å². The number of piperidine rings is 1. The van der Waals surface area contributed by atoms with Crippen LogP contribution in [0.4, 0.5) is 8.78 Å². The monoisotopic (exact) mass is 413 g/mol. The van der Waals surface area contributed by atoms with E-state index in [0.29, 0.717) is 25.9 Å². The molecule has 4 unspecified atom stereocenters. The number of aromatic nitrogens is 2. The number of likely N-dealkylation sites (tertiary alicyclic amines) is 1. The molecule has 4 atom stereocenters. The summed E-state index contributed by atoms with van der Waals surface area (Å²) >= 11 is 0. The van der Waals surface area contributed by atoms with Crippen molar-refractivity contribution in [2.45, 2.75) is 50.2 Å². The van der Waals surface area contributed by atoms with Gasteiger partial charge in [0.2, 0.25) is 5.91 Å². The van der Waals surface area contributed by atoms with E-state index in [-0.39, 0.29) is 23.8 Å². The molecule has 1 saturated heterocycles. The molecule has 3 heterocycles. The third kappa shape index (κ3) is 2.47. The predicted molar refractivity (Wildman–Crippen MR) is 106 cm³/mol. The Morgan fingerprint density at radius 1 is 1.17 bits per heavy atom. The number of hydrogen-bond acceptors (Lipinski definition) is 3. The normalized spacial score (nSPS) is 32.8. The number of carbonyl (C=O) groups is 1. The smallest absolute Gasteiger partial charge is 0.260 e. The number of hydrogen-bond donors (Lipinski definition) is 1. The van der Waals surface area contributed by atoms with Crippen molar-refractivity contribution in [2.75, 3.05) is 13.1 Å². The number of aliphatic hydroxyl groups excluding tert-OH is 1. The van der Waals surface area contributed by atoms with E-state index in [1.165, 1.54) is 11.1 Å². The fraction of sp³-hybridized carbons (Fsp3) is 0.565. The second kappa shape index (κ2) is 6.13. The van der Waals surface area contributed by atoms with Crippen LogP contribution in [0.5, 0.6) is 0 Å². The fourth-order valence-corrected chi connectivity index (χ4v) is 6.27. The van der Waals surface area contributed by atoms with Crippen LogP contribution in [-0.4, -0.2) is 50.6 Å². The second-order valence-corrected chi connectivity index (χ2v) is 9.57. The summed E-state index contributed by atoms with van der Waals surface area (Å²) in [5.74, 6) is -4.27. The second-order valence-electron chi connectivity index (χ2n) is 9.57. The summed E-state index contributed by atoms with van der Waals surface area (Å²) in [4.78, 5) is 18.3. The maximum atomic E-state index is 13.3. The first-order valence-electron chi connectivity index (χ1n) is 10.9. The molecule has 4 aliphatic rings. The van der Waals surface area contributed by atoms with Gasteiger partial charge in [-0.1, -0.05) is 24.3 Å². The lowest BCUT2D eigenvalue weighted by molar-refractivity contribution is -0.138. The van der Waals surface area contributed by atoms with Gasteiger partial charge in [-0.05, 0) is 31.2 Å². The highest BCUT2D eigenvalue weighted by atomic mass is 19.3. The van der Waals surface area contributed by atoms with Gasteiger partial charge in [-0.15, -0.1) is 0 Å². The Hall–Kier alpha value is -2.28. The van der Waals surface area contributed by atoms with Gasteiger partial charge >= 0.3 is 0 Å². The quantitative estimate of drug-likeness (QED) is 0.820. The van der Waals surface area contributed by atoms with Crippen molar-refractivity contribution in [2.24, 2.45) is 17.3 Å². The number of rotatable bonds is 2. The summed E-state index contributed by atoms with van der Waals surface area (Å²) in [6.45, 7) is 0.930.